The molecule has 0 aromatic heterocycles. The van der Waals surface area contributed by atoms with Crippen molar-refractivity contribution in [3.05, 3.63) is 35.4 Å². The molecule has 1 aliphatic carbocycles. The monoisotopic (exact) mass is 233 g/mol. The molecule has 1 unspecified atom stereocenters. The third-order valence-corrected chi connectivity index (χ3v) is 3.75. The summed E-state index contributed by atoms with van der Waals surface area (Å²) in [5.74, 6) is 0.781. The van der Waals surface area contributed by atoms with E-state index in [2.05, 4.69) is 29.6 Å². The van der Waals surface area contributed by atoms with Crippen LogP contribution in [0.15, 0.2) is 24.3 Å². The molecule has 94 valence electrons. The van der Waals surface area contributed by atoms with Crippen LogP contribution < -0.4 is 5.32 Å². The lowest BCUT2D eigenvalue weighted by atomic mass is 9.77. The van der Waals surface area contributed by atoms with Gasteiger partial charge in [-0.05, 0) is 43.9 Å². The van der Waals surface area contributed by atoms with E-state index in [4.69, 9.17) is 4.74 Å². The van der Waals surface area contributed by atoms with Gasteiger partial charge >= 0.3 is 0 Å². The average molecular weight is 233 g/mol. The fourth-order valence-electron chi connectivity index (χ4n) is 2.48. The van der Waals surface area contributed by atoms with Gasteiger partial charge in [-0.2, -0.15) is 0 Å². The van der Waals surface area contributed by atoms with Crippen LogP contribution in [0.2, 0.25) is 0 Å². The second kappa shape index (κ2) is 6.18. The molecule has 0 saturated heterocycles. The summed E-state index contributed by atoms with van der Waals surface area (Å²) >= 11 is 0. The summed E-state index contributed by atoms with van der Waals surface area (Å²) < 4.78 is 5.56. The van der Waals surface area contributed by atoms with Crippen molar-refractivity contribution in [1.29, 1.82) is 0 Å². The summed E-state index contributed by atoms with van der Waals surface area (Å²) in [5, 5.41) is 3.37. The lowest BCUT2D eigenvalue weighted by molar-refractivity contribution is 0.125. The summed E-state index contributed by atoms with van der Waals surface area (Å²) in [6, 6.07) is 9.15. The Morgan fingerprint density at radius 1 is 1.35 bits per heavy atom. The second-order valence-electron chi connectivity index (χ2n) is 4.76. The number of benzene rings is 1. The van der Waals surface area contributed by atoms with Crippen molar-refractivity contribution in [2.75, 3.05) is 20.3 Å². The molecule has 1 aromatic carbocycles. The molecule has 1 saturated carbocycles. The third kappa shape index (κ3) is 2.88. The minimum absolute atomic E-state index is 0.326. The fourth-order valence-corrected chi connectivity index (χ4v) is 2.48. The predicted molar refractivity (Wildman–Crippen MR) is 71.3 cm³/mol. The van der Waals surface area contributed by atoms with Crippen LogP contribution in [-0.2, 0) is 4.74 Å². The van der Waals surface area contributed by atoms with Crippen molar-refractivity contribution in [1.82, 2.24) is 5.32 Å². The van der Waals surface area contributed by atoms with Gasteiger partial charge < -0.3 is 10.1 Å². The van der Waals surface area contributed by atoms with E-state index in [9.17, 15) is 0 Å². The predicted octanol–water partition coefficient (Wildman–Crippen LogP) is 3.25. The third-order valence-electron chi connectivity index (χ3n) is 3.75. The van der Waals surface area contributed by atoms with Crippen LogP contribution in [0.4, 0.5) is 0 Å². The smallest absolute Gasteiger partial charge is 0.0661 e. The summed E-state index contributed by atoms with van der Waals surface area (Å²) in [6.07, 6.45) is 4.08. The van der Waals surface area contributed by atoms with Gasteiger partial charge in [-0.25, -0.2) is 0 Å². The molecular weight excluding hydrogens is 210 g/mol. The standard InChI is InChI=1S/C15H23NO/c1-3-17-11-15(16-2)14-10-5-4-9-13(14)12-7-6-8-12/h4-5,9-10,12,15-16H,3,6-8,11H2,1-2H3. The van der Waals surface area contributed by atoms with Gasteiger partial charge in [-0.15, -0.1) is 0 Å². The maximum absolute atomic E-state index is 5.56. The largest absolute Gasteiger partial charge is 0.380 e. The van der Waals surface area contributed by atoms with Gasteiger partial charge in [0.05, 0.1) is 12.6 Å². The Morgan fingerprint density at radius 2 is 2.12 bits per heavy atom. The minimum Gasteiger partial charge on any atom is -0.380 e. The molecule has 2 nitrogen and oxygen atoms in total. The van der Waals surface area contributed by atoms with Gasteiger partial charge in [-0.1, -0.05) is 30.7 Å². The van der Waals surface area contributed by atoms with Crippen LogP contribution in [-0.4, -0.2) is 20.3 Å². The molecule has 17 heavy (non-hydrogen) atoms. The van der Waals surface area contributed by atoms with E-state index in [-0.39, 0.29) is 0 Å². The molecule has 0 heterocycles. The minimum atomic E-state index is 0.326. The first kappa shape index (κ1) is 12.6. The summed E-state index contributed by atoms with van der Waals surface area (Å²) in [7, 11) is 2.02. The Bertz CT molecular complexity index is 347. The Morgan fingerprint density at radius 3 is 2.71 bits per heavy atom. The van der Waals surface area contributed by atoms with Crippen molar-refractivity contribution in [2.45, 2.75) is 38.1 Å². The van der Waals surface area contributed by atoms with Gasteiger partial charge in [0, 0.05) is 6.61 Å². The molecule has 0 amide bonds. The molecule has 0 radical (unpaired) electrons. The van der Waals surface area contributed by atoms with E-state index in [0.29, 0.717) is 6.04 Å². The van der Waals surface area contributed by atoms with Gasteiger partial charge in [0.1, 0.15) is 0 Å². The zero-order valence-electron chi connectivity index (χ0n) is 10.9. The molecule has 1 aliphatic rings. The molecule has 0 bridgehead atoms. The Labute approximate surface area is 104 Å². The van der Waals surface area contributed by atoms with Crippen LogP contribution >= 0.6 is 0 Å². The Hall–Kier alpha value is -0.860. The van der Waals surface area contributed by atoms with E-state index >= 15 is 0 Å². The molecule has 1 atom stereocenters. The summed E-state index contributed by atoms with van der Waals surface area (Å²) in [4.78, 5) is 0. The van der Waals surface area contributed by atoms with Crippen molar-refractivity contribution < 1.29 is 4.74 Å². The quantitative estimate of drug-likeness (QED) is 0.814. The Kier molecular flexibility index (Phi) is 4.57. The lowest BCUT2D eigenvalue weighted by Crippen LogP contribution is -2.24. The van der Waals surface area contributed by atoms with Gasteiger partial charge in [0.15, 0.2) is 0 Å². The molecule has 1 fully saturated rings. The van der Waals surface area contributed by atoms with E-state index in [1.165, 1.54) is 30.4 Å². The van der Waals surface area contributed by atoms with Crippen molar-refractivity contribution in [2.24, 2.45) is 0 Å². The highest BCUT2D eigenvalue weighted by Crippen LogP contribution is 2.39. The van der Waals surface area contributed by atoms with E-state index < -0.39 is 0 Å². The second-order valence-corrected chi connectivity index (χ2v) is 4.76. The molecule has 0 spiro atoms. The molecule has 2 heteroatoms. The molecule has 1 aromatic rings. The zero-order chi connectivity index (χ0) is 12.1. The van der Waals surface area contributed by atoms with Crippen molar-refractivity contribution in [3.63, 3.8) is 0 Å². The number of hydrogen-bond acceptors (Lipinski definition) is 2. The SMILES string of the molecule is CCOCC(NC)c1ccccc1C1CCC1. The molecule has 0 aliphatic heterocycles. The summed E-state index contributed by atoms with van der Waals surface area (Å²) in [5.41, 5.74) is 2.95. The first-order chi connectivity index (χ1) is 8.36. The van der Waals surface area contributed by atoms with Crippen molar-refractivity contribution in [3.8, 4) is 0 Å². The average Bonchev–Trinajstić information content (AvgIpc) is 2.30. The van der Waals surface area contributed by atoms with Crippen LogP contribution in [0, 0.1) is 0 Å². The number of rotatable bonds is 6. The van der Waals surface area contributed by atoms with Crippen LogP contribution in [0.3, 0.4) is 0 Å². The maximum atomic E-state index is 5.56. The van der Waals surface area contributed by atoms with Crippen LogP contribution in [0.5, 0.6) is 0 Å². The maximum Gasteiger partial charge on any atom is 0.0661 e. The number of likely N-dealkylation sites (N-methyl/N-ethyl adjacent to an activating group) is 1. The molecule has 1 N–H and O–H groups in total. The highest BCUT2D eigenvalue weighted by molar-refractivity contribution is 5.34. The van der Waals surface area contributed by atoms with E-state index in [1.54, 1.807) is 0 Å². The van der Waals surface area contributed by atoms with Crippen molar-refractivity contribution >= 4 is 0 Å². The first-order valence-corrected chi connectivity index (χ1v) is 6.70. The fraction of sp³-hybridized carbons (Fsp3) is 0.600. The highest BCUT2D eigenvalue weighted by atomic mass is 16.5. The van der Waals surface area contributed by atoms with Gasteiger partial charge in [0.25, 0.3) is 0 Å². The van der Waals surface area contributed by atoms with Gasteiger partial charge in [-0.3, -0.25) is 0 Å². The summed E-state index contributed by atoms with van der Waals surface area (Å²) in [6.45, 7) is 3.59. The number of ether oxygens (including phenoxy) is 1. The highest BCUT2D eigenvalue weighted by Gasteiger charge is 2.24. The lowest BCUT2D eigenvalue weighted by Gasteiger charge is -2.30. The topological polar surface area (TPSA) is 21.3 Å². The van der Waals surface area contributed by atoms with E-state index in [1.807, 2.05) is 14.0 Å². The van der Waals surface area contributed by atoms with Crippen LogP contribution in [0.1, 0.15) is 49.3 Å². The zero-order valence-corrected chi connectivity index (χ0v) is 10.9. The number of nitrogens with one attached hydrogen (secondary N) is 1. The van der Waals surface area contributed by atoms with E-state index in [0.717, 1.165) is 19.1 Å². The normalized spacial score (nSPS) is 17.8. The molecular formula is C15H23NO. The molecule has 2 rings (SSSR count). The first-order valence-electron chi connectivity index (χ1n) is 6.70. The van der Waals surface area contributed by atoms with Crippen LogP contribution in [0.25, 0.3) is 0 Å². The Balaban J connectivity index is 2.16. The number of hydrogen-bond donors (Lipinski definition) is 1. The van der Waals surface area contributed by atoms with Gasteiger partial charge in [0.2, 0.25) is 0 Å².